The summed E-state index contributed by atoms with van der Waals surface area (Å²) in [6.45, 7) is 2.01. The minimum Gasteiger partial charge on any atom is -0.349 e. The maximum Gasteiger partial charge on any atom is 0.253 e. The third-order valence-corrected chi connectivity index (χ3v) is 5.88. The summed E-state index contributed by atoms with van der Waals surface area (Å²) in [5.41, 5.74) is 3.33. The summed E-state index contributed by atoms with van der Waals surface area (Å²) in [5, 5.41) is 15.8. The van der Waals surface area contributed by atoms with Gasteiger partial charge in [0.15, 0.2) is 0 Å². The number of tetrazole rings is 1. The molecule has 6 nitrogen and oxygen atoms in total. The van der Waals surface area contributed by atoms with Gasteiger partial charge in [0.1, 0.15) is 6.33 Å². The lowest BCUT2D eigenvalue weighted by atomic mass is 9.86. The number of amides is 1. The summed E-state index contributed by atoms with van der Waals surface area (Å²) < 4.78 is 1.48. The zero-order valence-electron chi connectivity index (χ0n) is 17.3. The zero-order chi connectivity index (χ0) is 22.5. The normalized spacial score (nSPS) is 12.8. The molecule has 2 atom stereocenters. The molecule has 4 rings (SSSR count). The third-order valence-electron chi connectivity index (χ3n) is 5.37. The molecule has 4 aromatic rings. The first kappa shape index (κ1) is 22.0. The van der Waals surface area contributed by atoms with E-state index < -0.39 is 0 Å². The molecule has 0 spiro atoms. The van der Waals surface area contributed by atoms with Crippen molar-refractivity contribution in [2.45, 2.75) is 25.3 Å². The fourth-order valence-electron chi connectivity index (χ4n) is 3.69. The van der Waals surface area contributed by atoms with E-state index in [0.29, 0.717) is 21.3 Å². The monoisotopic (exact) mass is 465 g/mol. The molecule has 1 N–H and O–H groups in total. The van der Waals surface area contributed by atoms with Crippen LogP contribution >= 0.6 is 23.2 Å². The highest BCUT2D eigenvalue weighted by Crippen LogP contribution is 2.27. The standard InChI is InChI=1S/C24H21Cl2N5O/c1-16(28-24(32)21-4-2-3-5-23(21)31-15-27-29-30-31)22(18-8-12-20(26)13-9-18)14-17-6-10-19(25)11-7-17/h2-13,15-16,22H,14H2,1H3,(H,28,32). The minimum absolute atomic E-state index is 0.0255. The first-order valence-electron chi connectivity index (χ1n) is 10.1. The smallest absolute Gasteiger partial charge is 0.253 e. The number of para-hydroxylation sites is 1. The average molecular weight is 466 g/mol. The second-order valence-electron chi connectivity index (χ2n) is 7.52. The topological polar surface area (TPSA) is 72.7 Å². The van der Waals surface area contributed by atoms with Gasteiger partial charge in [-0.25, -0.2) is 0 Å². The van der Waals surface area contributed by atoms with Crippen molar-refractivity contribution in [2.75, 3.05) is 0 Å². The van der Waals surface area contributed by atoms with Crippen LogP contribution < -0.4 is 5.32 Å². The van der Waals surface area contributed by atoms with Crippen LogP contribution in [-0.4, -0.2) is 32.2 Å². The van der Waals surface area contributed by atoms with Gasteiger partial charge in [-0.3, -0.25) is 4.79 Å². The van der Waals surface area contributed by atoms with Crippen LogP contribution in [0.2, 0.25) is 10.0 Å². The Balaban J connectivity index is 1.60. The molecular weight excluding hydrogens is 445 g/mol. The second kappa shape index (κ2) is 9.94. The van der Waals surface area contributed by atoms with E-state index in [4.69, 9.17) is 23.2 Å². The lowest BCUT2D eigenvalue weighted by molar-refractivity contribution is 0.0934. The van der Waals surface area contributed by atoms with Crippen molar-refractivity contribution in [3.05, 3.63) is 106 Å². The number of hydrogen-bond acceptors (Lipinski definition) is 4. The number of benzene rings is 3. The quantitative estimate of drug-likeness (QED) is 0.411. The summed E-state index contributed by atoms with van der Waals surface area (Å²) in [4.78, 5) is 13.2. The maximum atomic E-state index is 13.2. The number of nitrogens with one attached hydrogen (secondary N) is 1. The van der Waals surface area contributed by atoms with Crippen LogP contribution in [0.3, 0.4) is 0 Å². The number of nitrogens with zero attached hydrogens (tertiary/aromatic N) is 4. The molecule has 0 fully saturated rings. The largest absolute Gasteiger partial charge is 0.349 e. The van der Waals surface area contributed by atoms with Crippen LogP contribution in [0.5, 0.6) is 0 Å². The Morgan fingerprint density at radius 1 is 0.969 bits per heavy atom. The van der Waals surface area contributed by atoms with Crippen molar-refractivity contribution in [2.24, 2.45) is 0 Å². The van der Waals surface area contributed by atoms with E-state index in [0.717, 1.165) is 17.5 Å². The van der Waals surface area contributed by atoms with E-state index in [9.17, 15) is 4.79 Å². The van der Waals surface area contributed by atoms with Gasteiger partial charge in [-0.1, -0.05) is 59.6 Å². The van der Waals surface area contributed by atoms with Crippen LogP contribution in [0.4, 0.5) is 0 Å². The van der Waals surface area contributed by atoms with Gasteiger partial charge >= 0.3 is 0 Å². The van der Waals surface area contributed by atoms with Crippen molar-refractivity contribution < 1.29 is 4.79 Å². The molecule has 32 heavy (non-hydrogen) atoms. The average Bonchev–Trinajstić information content (AvgIpc) is 3.34. The predicted molar refractivity (Wildman–Crippen MR) is 125 cm³/mol. The molecule has 162 valence electrons. The summed E-state index contributed by atoms with van der Waals surface area (Å²) in [5.74, 6) is -0.170. The second-order valence-corrected chi connectivity index (χ2v) is 8.40. The Morgan fingerprint density at radius 3 is 2.28 bits per heavy atom. The highest BCUT2D eigenvalue weighted by atomic mass is 35.5. The number of aromatic nitrogens is 4. The van der Waals surface area contributed by atoms with Gasteiger partial charge in [0.2, 0.25) is 0 Å². The van der Waals surface area contributed by atoms with Crippen LogP contribution in [-0.2, 0) is 6.42 Å². The maximum absolute atomic E-state index is 13.2. The van der Waals surface area contributed by atoms with E-state index in [1.54, 1.807) is 12.1 Å². The number of carbonyl (C=O) groups is 1. The first-order chi connectivity index (χ1) is 15.5. The molecule has 0 aliphatic rings. The lowest BCUT2D eigenvalue weighted by Crippen LogP contribution is -2.38. The van der Waals surface area contributed by atoms with E-state index in [2.05, 4.69) is 20.8 Å². The molecule has 0 aliphatic heterocycles. The minimum atomic E-state index is -0.196. The fourth-order valence-corrected chi connectivity index (χ4v) is 3.94. The molecular formula is C24H21Cl2N5O. The Kier molecular flexibility index (Phi) is 6.83. The van der Waals surface area contributed by atoms with E-state index >= 15 is 0 Å². The Bertz CT molecular complexity index is 1180. The molecule has 0 aliphatic carbocycles. The van der Waals surface area contributed by atoms with Crippen molar-refractivity contribution in [3.8, 4) is 5.69 Å². The van der Waals surface area contributed by atoms with Gasteiger partial charge in [0.05, 0.1) is 11.3 Å². The van der Waals surface area contributed by atoms with Gasteiger partial charge in [0, 0.05) is 22.0 Å². The van der Waals surface area contributed by atoms with Gasteiger partial charge in [-0.2, -0.15) is 4.68 Å². The third kappa shape index (κ3) is 5.15. The van der Waals surface area contributed by atoms with Gasteiger partial charge in [0.25, 0.3) is 5.91 Å². The van der Waals surface area contributed by atoms with E-state index in [-0.39, 0.29) is 17.9 Å². The van der Waals surface area contributed by atoms with Gasteiger partial charge in [-0.15, -0.1) is 5.10 Å². The molecule has 0 bridgehead atoms. The van der Waals surface area contributed by atoms with Gasteiger partial charge < -0.3 is 5.32 Å². The predicted octanol–water partition coefficient (Wildman–Crippen LogP) is 5.11. The van der Waals surface area contributed by atoms with Crippen molar-refractivity contribution in [3.63, 3.8) is 0 Å². The lowest BCUT2D eigenvalue weighted by Gasteiger charge is -2.26. The Hall–Kier alpha value is -3.22. The molecule has 2 unspecified atom stereocenters. The highest BCUT2D eigenvalue weighted by molar-refractivity contribution is 6.30. The van der Waals surface area contributed by atoms with Crippen LogP contribution in [0.15, 0.2) is 79.1 Å². The van der Waals surface area contributed by atoms with Crippen LogP contribution in [0, 0.1) is 0 Å². The Morgan fingerprint density at radius 2 is 1.62 bits per heavy atom. The highest BCUT2D eigenvalue weighted by Gasteiger charge is 2.23. The number of carbonyl (C=O) groups excluding carboxylic acids is 1. The molecule has 0 saturated carbocycles. The molecule has 8 heteroatoms. The van der Waals surface area contributed by atoms with E-state index in [1.165, 1.54) is 11.0 Å². The van der Waals surface area contributed by atoms with Crippen molar-refractivity contribution >= 4 is 29.1 Å². The van der Waals surface area contributed by atoms with E-state index in [1.807, 2.05) is 67.6 Å². The molecule has 0 saturated heterocycles. The van der Waals surface area contributed by atoms with Crippen LogP contribution in [0.25, 0.3) is 5.69 Å². The summed E-state index contributed by atoms with van der Waals surface area (Å²) in [7, 11) is 0. The fraction of sp³-hybridized carbons (Fsp3) is 0.167. The summed E-state index contributed by atoms with van der Waals surface area (Å²) in [6.07, 6.45) is 2.20. The summed E-state index contributed by atoms with van der Waals surface area (Å²) in [6, 6.07) is 22.6. The molecule has 1 heterocycles. The van der Waals surface area contributed by atoms with Crippen LogP contribution in [0.1, 0.15) is 34.3 Å². The molecule has 0 radical (unpaired) electrons. The molecule has 1 aromatic heterocycles. The van der Waals surface area contributed by atoms with Crippen molar-refractivity contribution in [1.82, 2.24) is 25.5 Å². The number of halogens is 2. The van der Waals surface area contributed by atoms with Crippen molar-refractivity contribution in [1.29, 1.82) is 0 Å². The number of hydrogen-bond donors (Lipinski definition) is 1. The number of rotatable bonds is 7. The molecule has 1 amide bonds. The zero-order valence-corrected chi connectivity index (χ0v) is 18.8. The summed E-state index contributed by atoms with van der Waals surface area (Å²) >= 11 is 12.2. The first-order valence-corrected chi connectivity index (χ1v) is 10.9. The van der Waals surface area contributed by atoms with Gasteiger partial charge in [-0.05, 0) is 71.3 Å². The SMILES string of the molecule is CC(NC(=O)c1ccccc1-n1cnnn1)C(Cc1ccc(Cl)cc1)c1ccc(Cl)cc1. The Labute approximate surface area is 196 Å². The molecule has 3 aromatic carbocycles.